The second-order valence-corrected chi connectivity index (χ2v) is 6.65. The number of nitrogens with zero attached hydrogens (tertiary/aromatic N) is 1. The SMILES string of the molecule is CNC(=O)CO[C@]1(C)C(OC)[C@@H](COC)O[C@H]1n1cc(C)c(=O)[nH]c1=S. The third kappa shape index (κ3) is 3.89. The van der Waals surface area contributed by atoms with Gasteiger partial charge in [-0.1, -0.05) is 0 Å². The zero-order valence-electron chi connectivity index (χ0n) is 15.5. The lowest BCUT2D eigenvalue weighted by atomic mass is 9.95. The van der Waals surface area contributed by atoms with Gasteiger partial charge in [0.2, 0.25) is 5.91 Å². The molecule has 0 aromatic carbocycles. The number of rotatable bonds is 7. The number of aryl methyl sites for hydroxylation is 1. The van der Waals surface area contributed by atoms with Crippen LogP contribution in [0.4, 0.5) is 0 Å². The number of ether oxygens (including phenoxy) is 4. The highest BCUT2D eigenvalue weighted by atomic mass is 32.1. The maximum Gasteiger partial charge on any atom is 0.254 e. The van der Waals surface area contributed by atoms with E-state index in [1.165, 1.54) is 14.2 Å². The predicted octanol–water partition coefficient (Wildman–Crippen LogP) is 0.294. The Morgan fingerprint density at radius 3 is 2.77 bits per heavy atom. The van der Waals surface area contributed by atoms with Crippen LogP contribution in [0.2, 0.25) is 0 Å². The summed E-state index contributed by atoms with van der Waals surface area (Å²) in [4.78, 5) is 26.1. The molecular formula is C16H25N3O6S. The minimum Gasteiger partial charge on any atom is -0.382 e. The third-order valence-electron chi connectivity index (χ3n) is 4.47. The van der Waals surface area contributed by atoms with Crippen molar-refractivity contribution in [2.75, 3.05) is 34.5 Å². The Morgan fingerprint density at radius 2 is 2.19 bits per heavy atom. The molecule has 26 heavy (non-hydrogen) atoms. The summed E-state index contributed by atoms with van der Waals surface area (Å²) in [5.41, 5.74) is -0.845. The smallest absolute Gasteiger partial charge is 0.254 e. The maximum atomic E-state index is 11.8. The number of likely N-dealkylation sites (N-methyl/N-ethyl adjacent to an activating group) is 1. The van der Waals surface area contributed by atoms with Gasteiger partial charge in [-0.05, 0) is 26.1 Å². The van der Waals surface area contributed by atoms with Crippen molar-refractivity contribution in [2.24, 2.45) is 0 Å². The van der Waals surface area contributed by atoms with Crippen molar-refractivity contribution in [2.45, 2.75) is 37.9 Å². The van der Waals surface area contributed by atoms with Crippen molar-refractivity contribution in [1.82, 2.24) is 14.9 Å². The molecule has 2 heterocycles. The summed E-state index contributed by atoms with van der Waals surface area (Å²) in [6.45, 7) is 3.54. The largest absolute Gasteiger partial charge is 0.382 e. The highest BCUT2D eigenvalue weighted by Gasteiger charge is 2.56. The highest BCUT2D eigenvalue weighted by molar-refractivity contribution is 7.71. The van der Waals surface area contributed by atoms with Gasteiger partial charge in [0, 0.05) is 33.0 Å². The van der Waals surface area contributed by atoms with Crippen molar-refractivity contribution in [3.63, 3.8) is 0 Å². The Balaban J connectivity index is 2.49. The number of amides is 1. The normalized spacial score (nSPS) is 28.3. The molecule has 146 valence electrons. The summed E-state index contributed by atoms with van der Waals surface area (Å²) in [6, 6.07) is 0. The van der Waals surface area contributed by atoms with Gasteiger partial charge in [0.25, 0.3) is 5.56 Å². The molecule has 1 aliphatic rings. The lowest BCUT2D eigenvalue weighted by Crippen LogP contribution is -2.49. The van der Waals surface area contributed by atoms with Crippen LogP contribution in [0, 0.1) is 11.7 Å². The minimum absolute atomic E-state index is 0.178. The van der Waals surface area contributed by atoms with Gasteiger partial charge in [0.05, 0.1) is 6.61 Å². The van der Waals surface area contributed by atoms with Crippen molar-refractivity contribution >= 4 is 18.1 Å². The fraction of sp³-hybridized carbons (Fsp3) is 0.688. The van der Waals surface area contributed by atoms with E-state index >= 15 is 0 Å². The van der Waals surface area contributed by atoms with E-state index in [0.29, 0.717) is 5.56 Å². The molecule has 1 unspecified atom stereocenters. The first kappa shape index (κ1) is 20.7. The summed E-state index contributed by atoms with van der Waals surface area (Å²) in [6.07, 6.45) is -0.0831. The number of carbonyl (C=O) groups excluding carboxylic acids is 1. The van der Waals surface area contributed by atoms with Crippen molar-refractivity contribution in [3.05, 3.63) is 26.9 Å². The Hall–Kier alpha value is -1.59. The van der Waals surface area contributed by atoms with Crippen molar-refractivity contribution in [1.29, 1.82) is 0 Å². The van der Waals surface area contributed by atoms with Crippen LogP contribution in [-0.4, -0.2) is 67.7 Å². The van der Waals surface area contributed by atoms with Crippen LogP contribution in [-0.2, 0) is 23.7 Å². The van der Waals surface area contributed by atoms with E-state index in [4.69, 9.17) is 31.2 Å². The molecule has 2 rings (SSSR count). The second kappa shape index (κ2) is 8.40. The molecular weight excluding hydrogens is 362 g/mol. The molecule has 10 heteroatoms. The second-order valence-electron chi connectivity index (χ2n) is 6.26. The Labute approximate surface area is 156 Å². The van der Waals surface area contributed by atoms with E-state index in [-0.39, 0.29) is 29.5 Å². The molecule has 1 amide bonds. The van der Waals surface area contributed by atoms with E-state index < -0.39 is 24.0 Å². The number of aromatic amines is 1. The highest BCUT2D eigenvalue weighted by Crippen LogP contribution is 2.42. The van der Waals surface area contributed by atoms with Gasteiger partial charge in [-0.25, -0.2) is 0 Å². The first-order valence-corrected chi connectivity index (χ1v) is 8.53. The quantitative estimate of drug-likeness (QED) is 0.648. The summed E-state index contributed by atoms with van der Waals surface area (Å²) >= 11 is 5.30. The molecule has 4 atom stereocenters. The fourth-order valence-electron chi connectivity index (χ4n) is 3.11. The fourth-order valence-corrected chi connectivity index (χ4v) is 3.35. The molecule has 0 saturated carbocycles. The molecule has 0 bridgehead atoms. The van der Waals surface area contributed by atoms with Gasteiger partial charge in [-0.3, -0.25) is 19.1 Å². The zero-order valence-corrected chi connectivity index (χ0v) is 16.3. The topological polar surface area (TPSA) is 104 Å². The number of hydrogen-bond acceptors (Lipinski definition) is 7. The van der Waals surface area contributed by atoms with Gasteiger partial charge >= 0.3 is 0 Å². The summed E-state index contributed by atoms with van der Waals surface area (Å²) in [7, 11) is 4.62. The summed E-state index contributed by atoms with van der Waals surface area (Å²) < 4.78 is 24.7. The van der Waals surface area contributed by atoms with E-state index in [1.807, 2.05) is 0 Å². The van der Waals surface area contributed by atoms with Gasteiger partial charge in [-0.15, -0.1) is 0 Å². The molecule has 1 aromatic rings. The minimum atomic E-state index is -1.05. The molecule has 1 fully saturated rings. The molecule has 1 aromatic heterocycles. The lowest BCUT2D eigenvalue weighted by Gasteiger charge is -2.35. The number of carbonyl (C=O) groups is 1. The number of nitrogens with one attached hydrogen (secondary N) is 2. The van der Waals surface area contributed by atoms with E-state index in [2.05, 4.69) is 10.3 Å². The average molecular weight is 387 g/mol. The lowest BCUT2D eigenvalue weighted by molar-refractivity contribution is -0.158. The summed E-state index contributed by atoms with van der Waals surface area (Å²) in [5.74, 6) is -0.281. The van der Waals surface area contributed by atoms with Crippen molar-refractivity contribution in [3.8, 4) is 0 Å². The molecule has 0 radical (unpaired) electrons. The number of methoxy groups -OCH3 is 2. The van der Waals surface area contributed by atoms with E-state index in [1.54, 1.807) is 31.7 Å². The Kier molecular flexibility index (Phi) is 6.69. The Bertz CT molecular complexity index is 763. The summed E-state index contributed by atoms with van der Waals surface area (Å²) in [5, 5.41) is 2.51. The molecule has 1 aliphatic heterocycles. The molecule has 1 saturated heterocycles. The van der Waals surface area contributed by atoms with E-state index in [9.17, 15) is 9.59 Å². The first-order chi connectivity index (χ1) is 12.3. The van der Waals surface area contributed by atoms with Crippen LogP contribution < -0.4 is 10.9 Å². The molecule has 2 N–H and O–H groups in total. The maximum absolute atomic E-state index is 11.8. The zero-order chi connectivity index (χ0) is 19.5. The van der Waals surface area contributed by atoms with Gasteiger partial charge in [-0.2, -0.15) is 0 Å². The first-order valence-electron chi connectivity index (χ1n) is 8.12. The average Bonchev–Trinajstić information content (AvgIpc) is 2.88. The van der Waals surface area contributed by atoms with Crippen LogP contribution in [0.25, 0.3) is 0 Å². The van der Waals surface area contributed by atoms with Crippen LogP contribution >= 0.6 is 12.2 Å². The van der Waals surface area contributed by atoms with Crippen LogP contribution in [0.1, 0.15) is 18.7 Å². The Morgan fingerprint density at radius 1 is 1.50 bits per heavy atom. The molecule has 0 aliphatic carbocycles. The third-order valence-corrected chi connectivity index (χ3v) is 4.79. The van der Waals surface area contributed by atoms with Gasteiger partial charge in [0.15, 0.2) is 11.0 Å². The standard InChI is InChI=1S/C16H25N3O6S/c1-9-6-19(15(26)18-13(9)21)14-16(2,24-8-11(20)17-3)12(23-5)10(25-14)7-22-4/h6,10,12,14H,7-8H2,1-5H3,(H,17,20)(H,18,21,26)/t10-,12?,14-,16-/m1/s1. The number of H-pyrrole nitrogens is 1. The molecule has 0 spiro atoms. The van der Waals surface area contributed by atoms with Gasteiger partial charge in [0.1, 0.15) is 24.4 Å². The van der Waals surface area contributed by atoms with Gasteiger partial charge < -0.3 is 24.3 Å². The number of aromatic nitrogens is 2. The molecule has 9 nitrogen and oxygen atoms in total. The number of hydrogen-bond donors (Lipinski definition) is 2. The monoisotopic (exact) mass is 387 g/mol. The van der Waals surface area contributed by atoms with Crippen LogP contribution in [0.5, 0.6) is 0 Å². The predicted molar refractivity (Wildman–Crippen MR) is 95.6 cm³/mol. The van der Waals surface area contributed by atoms with E-state index in [0.717, 1.165) is 0 Å². The van der Waals surface area contributed by atoms with Crippen LogP contribution in [0.15, 0.2) is 11.0 Å². The van der Waals surface area contributed by atoms with Crippen LogP contribution in [0.3, 0.4) is 0 Å². The van der Waals surface area contributed by atoms with Crippen molar-refractivity contribution < 1.29 is 23.7 Å².